The first-order valence-electron chi connectivity index (χ1n) is 47.8. The Morgan fingerprint density at radius 2 is 0.741 bits per heavy atom. The summed E-state index contributed by atoms with van der Waals surface area (Å²) < 4.78 is 3.36. The highest BCUT2D eigenvalue weighted by atomic mass is 35.5. The van der Waals surface area contributed by atoms with Crippen molar-refractivity contribution in [1.29, 1.82) is 0 Å². The molecule has 4 fully saturated rings. The normalized spacial score (nSPS) is 19.8. The Morgan fingerprint density at radius 3 is 1.12 bits per heavy atom. The maximum absolute atomic E-state index is 13.7. The number of aromatic hydroxyl groups is 4. The van der Waals surface area contributed by atoms with Gasteiger partial charge in [-0.15, -0.1) is 0 Å². The van der Waals surface area contributed by atoms with Crippen molar-refractivity contribution >= 4 is 117 Å². The third-order valence-electron chi connectivity index (χ3n) is 30.8. The lowest BCUT2D eigenvalue weighted by Crippen LogP contribution is -2.29. The Balaban J connectivity index is 0.000000115. The SMILES string of the molecule is CC(C)c1ccc(C2CC23C(=O)N(C)c2cc(Cl)c(-c4ccc(-c5ccncc5O)cc4)cc23)cc1C(=O)O.CCn1cc(C2CC23C(=O)Nc2cc(Cl)c(-c4ccc(-c5ccccc5O)cc4)cc23)cc1C(=O)O.Cc1ccc(C2CC23C(=O)N(C)c2cc(Cl)c(-c4ccc(-c5ccncc5O)cc4)cc23)cc1C(=O)O.Cn1c(C(=O)O)ccc1C1CC12C(=O)Nc1cc(Cl)c(-c3ccc(-c4ccccc4O)cc3)cc12. The molecule has 4 aromatic heterocycles. The van der Waals surface area contributed by atoms with E-state index in [2.05, 4.69) is 20.6 Å². The number of pyridine rings is 2. The minimum absolute atomic E-state index is 0.00155. The van der Waals surface area contributed by atoms with Gasteiger partial charge >= 0.3 is 23.9 Å². The van der Waals surface area contributed by atoms with E-state index in [1.54, 1.807) is 138 Å². The average Bonchev–Trinajstić information content (AvgIpc) is 1.49. The van der Waals surface area contributed by atoms with Gasteiger partial charge in [0.1, 0.15) is 34.4 Å². The first kappa shape index (κ1) is 96.7. The number of likely N-dealkylation sites (N-methyl/N-ethyl adjacent to an activating group) is 2. The second kappa shape index (κ2) is 36.7. The van der Waals surface area contributed by atoms with Crippen LogP contribution in [0, 0.1) is 6.92 Å². The molecule has 147 heavy (non-hydrogen) atoms. The topological polar surface area (TPSA) is 365 Å². The number of carbonyl (C=O) groups is 8. The van der Waals surface area contributed by atoms with Gasteiger partial charge in [0.2, 0.25) is 23.6 Å². The number of hydrogen-bond acceptors (Lipinski definition) is 14. The number of hydrogen-bond donors (Lipinski definition) is 10. The molecule has 4 spiro atoms. The Labute approximate surface area is 864 Å². The highest BCUT2D eigenvalue weighted by molar-refractivity contribution is 6.36. The number of aromatic carboxylic acids is 4. The van der Waals surface area contributed by atoms with Crippen molar-refractivity contribution in [2.24, 2.45) is 7.05 Å². The molecule has 12 aromatic carbocycles. The number of nitrogens with one attached hydrogen (secondary N) is 2. The van der Waals surface area contributed by atoms with E-state index in [0.717, 1.165) is 139 Å². The van der Waals surface area contributed by atoms with Crippen molar-refractivity contribution < 1.29 is 79.2 Å². The third-order valence-corrected chi connectivity index (χ3v) is 32.1. The predicted octanol–water partition coefficient (Wildman–Crippen LogP) is 25.3. The lowest BCUT2D eigenvalue weighted by atomic mass is 9.88. The molecule has 10 N–H and O–H groups in total. The molecule has 0 radical (unpaired) electrons. The van der Waals surface area contributed by atoms with Crippen LogP contribution in [0.5, 0.6) is 23.0 Å². The summed E-state index contributed by atoms with van der Waals surface area (Å²) >= 11 is 26.8. The number of carbonyl (C=O) groups excluding carboxylic acids is 4. The molecule has 28 heteroatoms. The number of anilines is 4. The largest absolute Gasteiger partial charge is 0.507 e. The number of amides is 4. The first-order valence-corrected chi connectivity index (χ1v) is 49.3. The summed E-state index contributed by atoms with van der Waals surface area (Å²) in [6.07, 6.45) is 10.4. The van der Waals surface area contributed by atoms with Crippen molar-refractivity contribution in [2.75, 3.05) is 34.5 Å². The van der Waals surface area contributed by atoms with Gasteiger partial charge < -0.3 is 70.4 Å². The summed E-state index contributed by atoms with van der Waals surface area (Å²) in [5.74, 6) is -3.75. The Kier molecular flexibility index (Phi) is 24.2. The molecule has 4 aliphatic carbocycles. The number of nitrogens with zero attached hydrogens (tertiary/aromatic N) is 6. The van der Waals surface area contributed by atoms with Gasteiger partial charge in [-0.1, -0.05) is 218 Å². The molecule has 24 nitrogen and oxygen atoms in total. The van der Waals surface area contributed by atoms with Crippen LogP contribution in [0.3, 0.4) is 0 Å². The molecule has 16 aromatic rings. The molecule has 4 saturated carbocycles. The van der Waals surface area contributed by atoms with Gasteiger partial charge in [0.25, 0.3) is 0 Å². The fourth-order valence-corrected chi connectivity index (χ4v) is 23.8. The number of halogens is 4. The summed E-state index contributed by atoms with van der Waals surface area (Å²) in [6.45, 7) is 8.16. The summed E-state index contributed by atoms with van der Waals surface area (Å²) in [5.41, 5.74) is 22.7. The second-order valence-corrected chi connectivity index (χ2v) is 40.7. The number of para-hydroxylation sites is 2. The van der Waals surface area contributed by atoms with Crippen molar-refractivity contribution in [3.05, 3.63) is 390 Å². The number of phenols is 2. The fraction of sp³-hybridized carbons (Fsp3) is 0.176. The maximum Gasteiger partial charge on any atom is 0.352 e. The zero-order chi connectivity index (χ0) is 103. The lowest BCUT2D eigenvalue weighted by Gasteiger charge is -2.15. The number of carboxylic acid groups (broad SMARTS) is 4. The quantitative estimate of drug-likeness (QED) is 0.0381. The first-order chi connectivity index (χ1) is 70.5. The summed E-state index contributed by atoms with van der Waals surface area (Å²) in [6, 6.07) is 80.2. The number of fused-ring (bicyclic) bond motifs is 8. The zero-order valence-electron chi connectivity index (χ0n) is 80.2. The van der Waals surface area contributed by atoms with Gasteiger partial charge in [0.15, 0.2) is 0 Å². The smallest absolute Gasteiger partial charge is 0.352 e. The number of carboxylic acids is 4. The highest BCUT2D eigenvalue weighted by Gasteiger charge is 2.70. The average molecular weight is 2030 g/mol. The zero-order valence-corrected chi connectivity index (χ0v) is 83.2. The molecule has 8 aliphatic rings. The minimum atomic E-state index is -0.994. The monoisotopic (exact) mass is 2030 g/mol. The van der Waals surface area contributed by atoms with E-state index in [1.165, 1.54) is 12.4 Å². The third kappa shape index (κ3) is 16.2. The fourth-order valence-electron chi connectivity index (χ4n) is 22.7. The van der Waals surface area contributed by atoms with Gasteiger partial charge in [-0.3, -0.25) is 29.1 Å². The number of phenolic OH excluding ortho intramolecular Hbond substituents is 2. The van der Waals surface area contributed by atoms with Crippen LogP contribution in [0.25, 0.3) is 89.0 Å². The molecular weight excluding hydrogens is 1940 g/mol. The van der Waals surface area contributed by atoms with E-state index in [0.29, 0.717) is 85.9 Å². The van der Waals surface area contributed by atoms with Crippen molar-refractivity contribution in [3.8, 4) is 112 Å². The summed E-state index contributed by atoms with van der Waals surface area (Å²) in [7, 11) is 5.24. The molecule has 4 amide bonds. The molecule has 734 valence electrons. The van der Waals surface area contributed by atoms with Crippen LogP contribution in [-0.2, 0) is 54.4 Å². The molecule has 4 aliphatic heterocycles. The van der Waals surface area contributed by atoms with E-state index >= 15 is 0 Å². The lowest BCUT2D eigenvalue weighted by molar-refractivity contribution is -0.120. The van der Waals surface area contributed by atoms with Crippen LogP contribution < -0.4 is 20.4 Å². The second-order valence-electron chi connectivity index (χ2n) is 39.1. The van der Waals surface area contributed by atoms with Gasteiger partial charge in [-0.2, -0.15) is 0 Å². The van der Waals surface area contributed by atoms with E-state index in [4.69, 9.17) is 46.4 Å². The summed E-state index contributed by atoms with van der Waals surface area (Å²) in [5, 5.41) is 87.2. The maximum atomic E-state index is 13.7. The van der Waals surface area contributed by atoms with Gasteiger partial charge in [-0.05, 0) is 243 Å². The van der Waals surface area contributed by atoms with E-state index in [9.17, 15) is 79.2 Å². The predicted molar refractivity (Wildman–Crippen MR) is 567 cm³/mol. The molecule has 24 rings (SSSR count). The van der Waals surface area contributed by atoms with E-state index < -0.39 is 45.5 Å². The number of aryl methyl sites for hydroxylation is 2. The van der Waals surface area contributed by atoms with Crippen LogP contribution in [0.4, 0.5) is 22.7 Å². The Hall–Kier alpha value is -16.4. The molecule has 0 bridgehead atoms. The van der Waals surface area contributed by atoms with Crippen molar-refractivity contribution in [3.63, 3.8) is 0 Å². The van der Waals surface area contributed by atoms with Crippen LogP contribution in [0.15, 0.2) is 292 Å². The van der Waals surface area contributed by atoms with Crippen LogP contribution >= 0.6 is 46.4 Å². The highest BCUT2D eigenvalue weighted by Crippen LogP contribution is 2.71. The molecule has 8 unspecified atom stereocenters. The van der Waals surface area contributed by atoms with Crippen LogP contribution in [0.1, 0.15) is 174 Å². The molecular formula is C119H94Cl4N8O16. The molecule has 0 saturated heterocycles. The van der Waals surface area contributed by atoms with E-state index in [1.807, 2.05) is 209 Å². The van der Waals surface area contributed by atoms with Crippen LogP contribution in [0.2, 0.25) is 20.1 Å². The number of benzene rings is 12. The number of rotatable bonds is 18. The Morgan fingerprint density at radius 1 is 0.381 bits per heavy atom. The van der Waals surface area contributed by atoms with Crippen molar-refractivity contribution in [1.82, 2.24) is 19.1 Å². The minimum Gasteiger partial charge on any atom is -0.507 e. The number of aromatic nitrogens is 4. The standard InChI is InChI=1S/C32H27ClN2O4.C30H23ClN2O4.C29H23ClN2O4.C28H21ClN2O4/c1-17(2)21-9-8-20(12-24(21)30(37)38)26-15-32(26)25-13-23(27(33)14-28(25)35(3)31(32)39)19-6-4-18(5-7-19)22-10-11-34-16-29(22)36;1-16-3-4-19(11-21(16)28(35)36)24-14-30(24)23-12-22(25(31)13-26(23)33(2)29(30)37)18-7-5-17(6-8-18)20-9-10-32-15-27(20)34;1-2-32-15-18(11-25(32)27(34)35)22-14-29(22)21-12-20(23(30)13-24(21)31-28(29)36)17-9-7-16(8-10-17)19-5-3-4-6-26(19)33;1-31-23(10-11-24(31)26(33)34)20-14-28(20)19-12-18(21(29)13-22(19)30-27(28)35)16-8-6-15(7-9-16)17-4-2-3-5-25(17)32/h4-14,16-17,26,36H,15H2,1-3H3,(H,37,38);3-13,15,24,34H,14H2,1-2H3,(H,35,36);3-13,15,22,33H,2,14H2,1H3,(H,31,36)(H,34,35);2-13,20,32H,14H2,1H3,(H,30,35)(H,33,34). The molecule has 8 heterocycles. The van der Waals surface area contributed by atoms with Crippen molar-refractivity contribution in [2.45, 2.75) is 111 Å². The van der Waals surface area contributed by atoms with Crippen LogP contribution in [-0.4, -0.2) is 122 Å². The molecule has 8 atom stereocenters. The van der Waals surface area contributed by atoms with Gasteiger partial charge in [-0.25, -0.2) is 19.2 Å². The van der Waals surface area contributed by atoms with Gasteiger partial charge in [0, 0.05) is 143 Å². The van der Waals surface area contributed by atoms with Gasteiger partial charge in [0.05, 0.1) is 65.3 Å². The Bertz CT molecular complexity index is 8290. The van der Waals surface area contributed by atoms with E-state index in [-0.39, 0.29) is 93.2 Å². The summed E-state index contributed by atoms with van der Waals surface area (Å²) in [4.78, 5) is 112.